The number of nitrogens with zero attached hydrogens (tertiary/aromatic N) is 3. The van der Waals surface area contributed by atoms with Crippen molar-refractivity contribution in [3.8, 4) is 11.5 Å². The van der Waals surface area contributed by atoms with Crippen molar-refractivity contribution in [3.63, 3.8) is 0 Å². The Morgan fingerprint density at radius 1 is 1.11 bits per heavy atom. The number of aryl methyl sites for hydroxylation is 1. The number of methoxy groups -OCH3 is 2. The molecular weight excluding hydrogens is 418 g/mol. The lowest BCUT2D eigenvalue weighted by Gasteiger charge is -2.32. The Balaban J connectivity index is 1.47. The molecule has 0 spiro atoms. The first-order chi connectivity index (χ1) is 13.6. The molecule has 4 rings (SSSR count). The van der Waals surface area contributed by atoms with E-state index in [4.69, 9.17) is 14.5 Å². The number of ether oxygens (including phenoxy) is 2. The van der Waals surface area contributed by atoms with E-state index in [9.17, 15) is 0 Å². The zero-order valence-electron chi connectivity index (χ0n) is 16.6. The average molecular weight is 444 g/mol. The lowest BCUT2D eigenvalue weighted by Crippen LogP contribution is -2.33. The summed E-state index contributed by atoms with van der Waals surface area (Å²) in [5.74, 6) is 3.46. The van der Waals surface area contributed by atoms with Crippen molar-refractivity contribution in [2.45, 2.75) is 25.3 Å². The summed E-state index contributed by atoms with van der Waals surface area (Å²) < 4.78 is 14.3. The summed E-state index contributed by atoms with van der Waals surface area (Å²) in [7, 11) is 5.55. The molecule has 1 fully saturated rings. The fourth-order valence-electron chi connectivity index (χ4n) is 4.13. The van der Waals surface area contributed by atoms with E-state index in [2.05, 4.69) is 50.6 Å². The van der Waals surface area contributed by atoms with E-state index in [0.29, 0.717) is 5.92 Å². The number of fused-ring (bicyclic) bond motifs is 1. The summed E-state index contributed by atoms with van der Waals surface area (Å²) in [6.45, 7) is 2.98. The maximum absolute atomic E-state index is 5.59. The van der Waals surface area contributed by atoms with Crippen LogP contribution in [-0.2, 0) is 13.6 Å². The van der Waals surface area contributed by atoms with Gasteiger partial charge in [-0.1, -0.05) is 6.07 Å². The normalized spacial score (nSPS) is 15.9. The first kappa shape index (κ1) is 19.3. The molecule has 1 aliphatic rings. The van der Waals surface area contributed by atoms with Gasteiger partial charge in [-0.25, -0.2) is 4.98 Å². The molecule has 0 aliphatic carbocycles. The Bertz CT molecular complexity index is 977. The van der Waals surface area contributed by atoms with Gasteiger partial charge in [0, 0.05) is 17.1 Å². The standard InChI is InChI=1S/C22H26BrN3O2/c1-25-19-6-4-5-18(23)22(19)24-21(25)14-26-11-9-15(10-12-26)17-13-16(27-2)7-8-20(17)28-3/h4-8,13,15H,9-12,14H2,1-3H3. The van der Waals surface area contributed by atoms with Crippen molar-refractivity contribution in [2.75, 3.05) is 27.3 Å². The number of hydrogen-bond donors (Lipinski definition) is 0. The summed E-state index contributed by atoms with van der Waals surface area (Å²) in [5, 5.41) is 0. The van der Waals surface area contributed by atoms with Crippen LogP contribution in [-0.4, -0.2) is 41.8 Å². The van der Waals surface area contributed by atoms with Crippen LogP contribution in [0.2, 0.25) is 0 Å². The highest BCUT2D eigenvalue weighted by Crippen LogP contribution is 2.37. The van der Waals surface area contributed by atoms with Crippen LogP contribution in [0.15, 0.2) is 40.9 Å². The lowest BCUT2D eigenvalue weighted by molar-refractivity contribution is 0.197. The number of imidazole rings is 1. The molecule has 0 N–H and O–H groups in total. The summed E-state index contributed by atoms with van der Waals surface area (Å²) >= 11 is 3.62. The van der Waals surface area contributed by atoms with Crippen LogP contribution in [0.25, 0.3) is 11.0 Å². The van der Waals surface area contributed by atoms with Gasteiger partial charge in [-0.2, -0.15) is 0 Å². The number of para-hydroxylation sites is 1. The van der Waals surface area contributed by atoms with Crippen molar-refractivity contribution >= 4 is 27.0 Å². The van der Waals surface area contributed by atoms with Gasteiger partial charge in [-0.15, -0.1) is 0 Å². The molecule has 0 saturated carbocycles. The number of piperidine rings is 1. The van der Waals surface area contributed by atoms with E-state index >= 15 is 0 Å². The Morgan fingerprint density at radius 2 is 1.89 bits per heavy atom. The molecule has 28 heavy (non-hydrogen) atoms. The maximum atomic E-state index is 5.59. The second-order valence-electron chi connectivity index (χ2n) is 7.35. The van der Waals surface area contributed by atoms with Crippen LogP contribution in [0.5, 0.6) is 11.5 Å². The molecule has 1 aromatic heterocycles. The monoisotopic (exact) mass is 443 g/mol. The molecule has 2 aromatic carbocycles. The van der Waals surface area contributed by atoms with E-state index in [0.717, 1.165) is 59.8 Å². The quantitative estimate of drug-likeness (QED) is 0.571. The van der Waals surface area contributed by atoms with Crippen LogP contribution in [0, 0.1) is 0 Å². The molecular formula is C22H26BrN3O2. The smallest absolute Gasteiger partial charge is 0.123 e. The molecule has 0 unspecified atom stereocenters. The van der Waals surface area contributed by atoms with Gasteiger partial charge in [-0.3, -0.25) is 4.90 Å². The Labute approximate surface area is 174 Å². The third kappa shape index (κ3) is 3.63. The van der Waals surface area contributed by atoms with Gasteiger partial charge in [0.15, 0.2) is 0 Å². The molecule has 2 heterocycles. The van der Waals surface area contributed by atoms with E-state index in [-0.39, 0.29) is 0 Å². The molecule has 0 atom stereocenters. The molecule has 5 nitrogen and oxygen atoms in total. The van der Waals surface area contributed by atoms with Crippen molar-refractivity contribution in [1.29, 1.82) is 0 Å². The maximum Gasteiger partial charge on any atom is 0.123 e. The van der Waals surface area contributed by atoms with Crippen LogP contribution in [0.1, 0.15) is 30.1 Å². The first-order valence-corrected chi connectivity index (χ1v) is 10.4. The summed E-state index contributed by atoms with van der Waals surface area (Å²) in [5.41, 5.74) is 3.46. The van der Waals surface area contributed by atoms with E-state index < -0.39 is 0 Å². The van der Waals surface area contributed by atoms with Crippen molar-refractivity contribution in [1.82, 2.24) is 14.5 Å². The highest BCUT2D eigenvalue weighted by atomic mass is 79.9. The lowest BCUT2D eigenvalue weighted by atomic mass is 9.88. The van der Waals surface area contributed by atoms with Crippen molar-refractivity contribution in [2.24, 2.45) is 7.05 Å². The van der Waals surface area contributed by atoms with Gasteiger partial charge in [0.05, 0.1) is 26.3 Å². The second kappa shape index (κ2) is 8.13. The number of hydrogen-bond acceptors (Lipinski definition) is 4. The molecule has 6 heteroatoms. The Hall–Kier alpha value is -2.05. The number of halogens is 1. The van der Waals surface area contributed by atoms with Gasteiger partial charge in [-0.05, 0) is 78.1 Å². The minimum Gasteiger partial charge on any atom is -0.497 e. The molecule has 0 radical (unpaired) electrons. The predicted molar refractivity (Wildman–Crippen MR) is 115 cm³/mol. The van der Waals surface area contributed by atoms with Crippen molar-refractivity contribution in [3.05, 3.63) is 52.3 Å². The number of rotatable bonds is 5. The molecule has 0 amide bonds. The van der Waals surface area contributed by atoms with Gasteiger partial charge < -0.3 is 14.0 Å². The first-order valence-electron chi connectivity index (χ1n) is 9.64. The summed E-state index contributed by atoms with van der Waals surface area (Å²) in [6.07, 6.45) is 2.22. The molecule has 1 saturated heterocycles. The predicted octanol–water partition coefficient (Wildman–Crippen LogP) is 4.73. The highest BCUT2D eigenvalue weighted by molar-refractivity contribution is 9.10. The SMILES string of the molecule is COc1ccc(OC)c(C2CCN(Cc3nc4c(Br)cccc4n3C)CC2)c1. The number of likely N-dealkylation sites (tertiary alicyclic amines) is 1. The molecule has 0 bridgehead atoms. The number of benzene rings is 2. The Kier molecular flexibility index (Phi) is 5.60. The summed E-state index contributed by atoms with van der Waals surface area (Å²) in [6, 6.07) is 12.3. The Morgan fingerprint density at radius 3 is 2.57 bits per heavy atom. The minimum absolute atomic E-state index is 0.496. The van der Waals surface area contributed by atoms with Crippen LogP contribution in [0.4, 0.5) is 0 Å². The van der Waals surface area contributed by atoms with Crippen LogP contribution >= 0.6 is 15.9 Å². The van der Waals surface area contributed by atoms with Crippen LogP contribution < -0.4 is 9.47 Å². The highest BCUT2D eigenvalue weighted by Gasteiger charge is 2.24. The van der Waals surface area contributed by atoms with Crippen LogP contribution in [0.3, 0.4) is 0 Å². The summed E-state index contributed by atoms with van der Waals surface area (Å²) in [4.78, 5) is 7.37. The van der Waals surface area contributed by atoms with Gasteiger partial charge in [0.1, 0.15) is 22.8 Å². The second-order valence-corrected chi connectivity index (χ2v) is 8.21. The molecule has 148 valence electrons. The van der Waals surface area contributed by atoms with E-state index in [1.807, 2.05) is 18.2 Å². The number of aromatic nitrogens is 2. The minimum atomic E-state index is 0.496. The molecule has 3 aromatic rings. The fourth-order valence-corrected chi connectivity index (χ4v) is 4.57. The van der Waals surface area contributed by atoms with Crippen molar-refractivity contribution < 1.29 is 9.47 Å². The van der Waals surface area contributed by atoms with E-state index in [1.165, 1.54) is 11.1 Å². The third-order valence-electron chi connectivity index (χ3n) is 5.78. The molecule has 1 aliphatic heterocycles. The average Bonchev–Trinajstić information content (AvgIpc) is 3.05. The topological polar surface area (TPSA) is 39.5 Å². The zero-order valence-corrected chi connectivity index (χ0v) is 18.2. The van der Waals surface area contributed by atoms with Gasteiger partial charge >= 0.3 is 0 Å². The van der Waals surface area contributed by atoms with Gasteiger partial charge in [0.2, 0.25) is 0 Å². The largest absolute Gasteiger partial charge is 0.497 e. The van der Waals surface area contributed by atoms with E-state index in [1.54, 1.807) is 14.2 Å². The zero-order chi connectivity index (χ0) is 19.7. The van der Waals surface area contributed by atoms with Gasteiger partial charge in [0.25, 0.3) is 0 Å². The fraction of sp³-hybridized carbons (Fsp3) is 0.409. The third-order valence-corrected chi connectivity index (χ3v) is 6.42.